The first-order valence-corrected chi connectivity index (χ1v) is 5.67. The monoisotopic (exact) mass is 260 g/mol. The molecule has 0 atom stereocenters. The summed E-state index contributed by atoms with van der Waals surface area (Å²) in [4.78, 5) is 24.3. The molecule has 0 spiro atoms. The average molecular weight is 260 g/mol. The van der Waals surface area contributed by atoms with Gasteiger partial charge in [-0.3, -0.25) is 9.59 Å². The Kier molecular flexibility index (Phi) is 3.92. The highest BCUT2D eigenvalue weighted by Gasteiger charge is 2.20. The van der Waals surface area contributed by atoms with Gasteiger partial charge < -0.3 is 14.5 Å². The lowest BCUT2D eigenvalue weighted by atomic mass is 10.2. The minimum absolute atomic E-state index is 0.0744. The van der Waals surface area contributed by atoms with Crippen molar-refractivity contribution in [2.45, 2.75) is 6.42 Å². The third-order valence-electron chi connectivity index (χ3n) is 2.52. The molecular weight excluding hydrogens is 248 g/mol. The van der Waals surface area contributed by atoms with Gasteiger partial charge in [0.1, 0.15) is 6.26 Å². The fourth-order valence-electron chi connectivity index (χ4n) is 1.62. The van der Waals surface area contributed by atoms with Crippen LogP contribution in [0.5, 0.6) is 0 Å². The molecule has 0 radical (unpaired) electrons. The van der Waals surface area contributed by atoms with Crippen molar-refractivity contribution in [2.24, 2.45) is 0 Å². The summed E-state index contributed by atoms with van der Waals surface area (Å²) in [5.74, 6) is -1.35. The van der Waals surface area contributed by atoms with Gasteiger partial charge in [0.05, 0.1) is 6.42 Å². The lowest BCUT2D eigenvalue weighted by Crippen LogP contribution is -2.33. The molecule has 0 bridgehead atoms. The molecule has 1 N–H and O–H groups in total. The molecule has 0 aliphatic rings. The summed E-state index contributed by atoms with van der Waals surface area (Å²) in [6.07, 6.45) is 1.16. The molecule has 1 aromatic carbocycles. The topological polar surface area (TPSA) is 83.6 Å². The Morgan fingerprint density at radius 3 is 2.53 bits per heavy atom. The highest BCUT2D eigenvalue weighted by Crippen LogP contribution is 2.16. The first-order chi connectivity index (χ1) is 9.18. The van der Waals surface area contributed by atoms with Crippen molar-refractivity contribution in [2.75, 3.05) is 11.4 Å². The smallest absolute Gasteiger partial charge is 0.305 e. The minimum atomic E-state index is -0.964. The van der Waals surface area contributed by atoms with Crippen LogP contribution >= 0.6 is 0 Å². The van der Waals surface area contributed by atoms with Crippen LogP contribution in [0.3, 0.4) is 0 Å². The first kappa shape index (κ1) is 12.8. The third-order valence-corrected chi connectivity index (χ3v) is 2.52. The number of carboxylic acid groups (broad SMARTS) is 1. The van der Waals surface area contributed by atoms with Crippen LogP contribution in [0.1, 0.15) is 16.9 Å². The van der Waals surface area contributed by atoms with E-state index in [1.54, 1.807) is 24.3 Å². The molecule has 0 saturated heterocycles. The maximum atomic E-state index is 12.2. The minimum Gasteiger partial charge on any atom is -0.481 e. The predicted molar refractivity (Wildman–Crippen MR) is 66.9 cm³/mol. The van der Waals surface area contributed by atoms with Gasteiger partial charge in [0.15, 0.2) is 5.69 Å². The molecule has 6 heteroatoms. The van der Waals surface area contributed by atoms with Gasteiger partial charge in [0, 0.05) is 18.3 Å². The van der Waals surface area contributed by atoms with Crippen LogP contribution < -0.4 is 4.90 Å². The molecule has 0 aliphatic heterocycles. The Hall–Kier alpha value is -2.63. The number of anilines is 1. The van der Waals surface area contributed by atoms with E-state index >= 15 is 0 Å². The number of benzene rings is 1. The Bertz CT molecular complexity index is 551. The zero-order valence-corrected chi connectivity index (χ0v) is 10.0. The van der Waals surface area contributed by atoms with E-state index in [1.165, 1.54) is 17.2 Å². The molecule has 0 aliphatic carbocycles. The van der Waals surface area contributed by atoms with E-state index in [2.05, 4.69) is 9.68 Å². The highest BCUT2D eigenvalue weighted by atomic mass is 16.5. The summed E-state index contributed by atoms with van der Waals surface area (Å²) in [5.41, 5.74) is 0.769. The first-order valence-electron chi connectivity index (χ1n) is 5.67. The predicted octanol–water partition coefficient (Wildman–Crippen LogP) is 1.80. The molecule has 0 unspecified atom stereocenters. The summed E-state index contributed by atoms with van der Waals surface area (Å²) in [5, 5.41) is 12.3. The second kappa shape index (κ2) is 5.81. The summed E-state index contributed by atoms with van der Waals surface area (Å²) >= 11 is 0. The van der Waals surface area contributed by atoms with Crippen LogP contribution in [-0.2, 0) is 4.79 Å². The lowest BCUT2D eigenvalue weighted by molar-refractivity contribution is -0.136. The lowest BCUT2D eigenvalue weighted by Gasteiger charge is -2.20. The number of rotatable bonds is 5. The van der Waals surface area contributed by atoms with Crippen LogP contribution in [-0.4, -0.2) is 28.7 Å². The maximum Gasteiger partial charge on any atom is 0.305 e. The summed E-state index contributed by atoms with van der Waals surface area (Å²) in [6, 6.07) is 10.3. The van der Waals surface area contributed by atoms with E-state index in [-0.39, 0.29) is 24.6 Å². The van der Waals surface area contributed by atoms with Crippen LogP contribution in [0.4, 0.5) is 5.69 Å². The molecule has 1 aromatic heterocycles. The zero-order chi connectivity index (χ0) is 13.7. The van der Waals surface area contributed by atoms with E-state index in [1.807, 2.05) is 6.07 Å². The van der Waals surface area contributed by atoms with Crippen molar-refractivity contribution >= 4 is 17.6 Å². The number of aromatic nitrogens is 1. The van der Waals surface area contributed by atoms with E-state index in [4.69, 9.17) is 5.11 Å². The highest BCUT2D eigenvalue weighted by molar-refractivity contribution is 6.04. The molecular formula is C13H12N2O4. The molecule has 0 fully saturated rings. The molecule has 1 amide bonds. The molecule has 0 saturated carbocycles. The molecule has 6 nitrogen and oxygen atoms in total. The van der Waals surface area contributed by atoms with Crippen LogP contribution in [0.2, 0.25) is 0 Å². The second-order valence-corrected chi connectivity index (χ2v) is 3.82. The summed E-state index contributed by atoms with van der Waals surface area (Å²) in [7, 11) is 0. The van der Waals surface area contributed by atoms with Crippen LogP contribution in [0, 0.1) is 0 Å². The normalized spacial score (nSPS) is 10.1. The van der Waals surface area contributed by atoms with Gasteiger partial charge in [0.2, 0.25) is 0 Å². The van der Waals surface area contributed by atoms with Gasteiger partial charge in [-0.05, 0) is 12.1 Å². The number of hydrogen-bond acceptors (Lipinski definition) is 4. The van der Waals surface area contributed by atoms with E-state index in [0.717, 1.165) is 0 Å². The molecule has 19 heavy (non-hydrogen) atoms. The fraction of sp³-hybridized carbons (Fsp3) is 0.154. The Morgan fingerprint density at radius 1 is 1.21 bits per heavy atom. The van der Waals surface area contributed by atoms with Gasteiger partial charge >= 0.3 is 5.97 Å². The number of hydrogen-bond donors (Lipinski definition) is 1. The Labute approximate surface area is 109 Å². The molecule has 98 valence electrons. The summed E-state index contributed by atoms with van der Waals surface area (Å²) < 4.78 is 4.63. The average Bonchev–Trinajstić information content (AvgIpc) is 2.93. The van der Waals surface area contributed by atoms with Gasteiger partial charge in [-0.2, -0.15) is 0 Å². The third kappa shape index (κ3) is 3.19. The van der Waals surface area contributed by atoms with Gasteiger partial charge in [-0.15, -0.1) is 0 Å². The fourth-order valence-corrected chi connectivity index (χ4v) is 1.62. The number of carboxylic acids is 1. The van der Waals surface area contributed by atoms with E-state index in [9.17, 15) is 9.59 Å². The SMILES string of the molecule is O=C(O)CCN(C(=O)c1ccon1)c1ccccc1. The van der Waals surface area contributed by atoms with Crippen LogP contribution in [0.15, 0.2) is 47.2 Å². The molecule has 2 rings (SSSR count). The van der Waals surface area contributed by atoms with E-state index in [0.29, 0.717) is 5.69 Å². The van der Waals surface area contributed by atoms with Gasteiger partial charge in [-0.25, -0.2) is 0 Å². The van der Waals surface area contributed by atoms with E-state index < -0.39 is 5.97 Å². The number of carbonyl (C=O) groups excluding carboxylic acids is 1. The number of amides is 1. The van der Waals surface area contributed by atoms with Crippen molar-refractivity contribution in [3.05, 3.63) is 48.4 Å². The van der Waals surface area contributed by atoms with Gasteiger partial charge in [0.25, 0.3) is 5.91 Å². The van der Waals surface area contributed by atoms with Crippen molar-refractivity contribution in [1.82, 2.24) is 5.16 Å². The van der Waals surface area contributed by atoms with Crippen molar-refractivity contribution in [3.63, 3.8) is 0 Å². The summed E-state index contributed by atoms with van der Waals surface area (Å²) in [6.45, 7) is 0.0744. The maximum absolute atomic E-state index is 12.2. The Morgan fingerprint density at radius 2 is 1.95 bits per heavy atom. The molecule has 1 heterocycles. The van der Waals surface area contributed by atoms with Crippen molar-refractivity contribution < 1.29 is 19.2 Å². The standard InChI is InChI=1S/C13H12N2O4/c16-12(17)6-8-15(10-4-2-1-3-5-10)13(18)11-7-9-19-14-11/h1-5,7,9H,6,8H2,(H,16,17). The largest absolute Gasteiger partial charge is 0.481 e. The van der Waals surface area contributed by atoms with Crippen molar-refractivity contribution in [3.8, 4) is 0 Å². The molecule has 2 aromatic rings. The quantitative estimate of drug-likeness (QED) is 0.886. The Balaban J connectivity index is 2.24. The second-order valence-electron chi connectivity index (χ2n) is 3.82. The number of nitrogens with zero attached hydrogens (tertiary/aromatic N) is 2. The number of aliphatic carboxylic acids is 1. The zero-order valence-electron chi connectivity index (χ0n) is 10.0. The van der Waals surface area contributed by atoms with Crippen molar-refractivity contribution in [1.29, 1.82) is 0 Å². The van der Waals surface area contributed by atoms with Crippen LogP contribution in [0.25, 0.3) is 0 Å². The number of para-hydroxylation sites is 1. The van der Waals surface area contributed by atoms with Gasteiger partial charge in [-0.1, -0.05) is 23.4 Å². The number of carbonyl (C=O) groups is 2.